The predicted molar refractivity (Wildman–Crippen MR) is 69.7 cm³/mol. The Balaban J connectivity index is 2.74. The highest BCUT2D eigenvalue weighted by Gasteiger charge is 2.51. The highest BCUT2D eigenvalue weighted by Crippen LogP contribution is 2.52. The van der Waals surface area contributed by atoms with Gasteiger partial charge in [-0.05, 0) is 37.2 Å². The number of hydrogen-bond donors (Lipinski definition) is 1. The molecule has 0 bridgehead atoms. The van der Waals surface area contributed by atoms with Crippen molar-refractivity contribution in [3.05, 3.63) is 22.9 Å². The smallest absolute Gasteiger partial charge is 0.187 e. The molecular formula is C15H16N4. The first-order chi connectivity index (χ1) is 9.16. The van der Waals surface area contributed by atoms with Gasteiger partial charge in [-0.25, -0.2) is 0 Å². The third-order valence-corrected chi connectivity index (χ3v) is 4.41. The topological polar surface area (TPSA) is 97.4 Å². The number of allylic oxidation sites excluding steroid dienone is 4. The molecular weight excluding hydrogens is 236 g/mol. The molecule has 0 saturated carbocycles. The van der Waals surface area contributed by atoms with Crippen molar-refractivity contribution in [2.24, 2.45) is 23.0 Å². The van der Waals surface area contributed by atoms with Crippen molar-refractivity contribution in [3.63, 3.8) is 0 Å². The quantitative estimate of drug-likeness (QED) is 0.775. The molecule has 0 spiro atoms. The second kappa shape index (κ2) is 4.79. The van der Waals surface area contributed by atoms with Gasteiger partial charge in [0, 0.05) is 5.92 Å². The number of hydrogen-bond acceptors (Lipinski definition) is 4. The van der Waals surface area contributed by atoms with Crippen molar-refractivity contribution in [1.82, 2.24) is 0 Å². The van der Waals surface area contributed by atoms with Crippen LogP contribution in [0.4, 0.5) is 0 Å². The lowest BCUT2D eigenvalue weighted by molar-refractivity contribution is 0.228. The molecule has 0 unspecified atom stereocenters. The van der Waals surface area contributed by atoms with Gasteiger partial charge in [0.2, 0.25) is 0 Å². The minimum Gasteiger partial charge on any atom is -0.399 e. The van der Waals surface area contributed by atoms with Gasteiger partial charge in [0.1, 0.15) is 6.07 Å². The number of nitriles is 3. The molecule has 2 rings (SSSR count). The molecule has 0 heterocycles. The van der Waals surface area contributed by atoms with Gasteiger partial charge in [0.15, 0.2) is 5.41 Å². The largest absolute Gasteiger partial charge is 0.399 e. The van der Waals surface area contributed by atoms with Crippen LogP contribution in [0, 0.1) is 51.2 Å². The summed E-state index contributed by atoms with van der Waals surface area (Å²) in [5.41, 5.74) is 6.15. The lowest BCUT2D eigenvalue weighted by Crippen LogP contribution is -2.43. The summed E-state index contributed by atoms with van der Waals surface area (Å²) in [7, 11) is 0. The Morgan fingerprint density at radius 2 is 2.05 bits per heavy atom. The van der Waals surface area contributed by atoms with Crippen LogP contribution in [-0.4, -0.2) is 0 Å². The van der Waals surface area contributed by atoms with Gasteiger partial charge in [0.05, 0.1) is 23.4 Å². The van der Waals surface area contributed by atoms with Gasteiger partial charge in [-0.2, -0.15) is 15.8 Å². The molecule has 4 heteroatoms. The number of nitrogens with two attached hydrogens (primary N) is 1. The van der Waals surface area contributed by atoms with Crippen LogP contribution in [0.15, 0.2) is 22.9 Å². The van der Waals surface area contributed by atoms with Gasteiger partial charge < -0.3 is 5.73 Å². The van der Waals surface area contributed by atoms with Crippen LogP contribution in [0.2, 0.25) is 0 Å². The zero-order valence-corrected chi connectivity index (χ0v) is 11.0. The SMILES string of the molecule is CC[C@H]1[C@H]2CCCC=C2C(C#N)=C(N)C1(C#N)C#N. The van der Waals surface area contributed by atoms with Crippen molar-refractivity contribution in [3.8, 4) is 18.2 Å². The van der Waals surface area contributed by atoms with E-state index in [4.69, 9.17) is 5.73 Å². The molecule has 0 saturated heterocycles. The van der Waals surface area contributed by atoms with E-state index in [0.29, 0.717) is 12.0 Å². The summed E-state index contributed by atoms with van der Waals surface area (Å²) in [6.07, 6.45) is 5.67. The molecule has 19 heavy (non-hydrogen) atoms. The fourth-order valence-corrected chi connectivity index (χ4v) is 3.49. The van der Waals surface area contributed by atoms with E-state index in [2.05, 4.69) is 24.3 Å². The number of fused-ring (bicyclic) bond motifs is 1. The van der Waals surface area contributed by atoms with Crippen molar-refractivity contribution < 1.29 is 0 Å². The van der Waals surface area contributed by atoms with E-state index < -0.39 is 5.41 Å². The minimum atomic E-state index is -1.35. The molecule has 2 N–H and O–H groups in total. The molecule has 0 amide bonds. The van der Waals surface area contributed by atoms with Gasteiger partial charge in [-0.15, -0.1) is 0 Å². The Morgan fingerprint density at radius 3 is 2.58 bits per heavy atom. The molecule has 2 aliphatic carbocycles. The van der Waals surface area contributed by atoms with Crippen molar-refractivity contribution in [1.29, 1.82) is 15.8 Å². The van der Waals surface area contributed by atoms with E-state index in [9.17, 15) is 15.8 Å². The normalized spacial score (nSPS) is 28.4. The third kappa shape index (κ3) is 1.63. The molecule has 0 aliphatic heterocycles. The Kier molecular flexibility index (Phi) is 3.32. The first kappa shape index (κ1) is 13.2. The van der Waals surface area contributed by atoms with Gasteiger partial charge >= 0.3 is 0 Å². The second-order valence-corrected chi connectivity index (χ2v) is 5.14. The van der Waals surface area contributed by atoms with Crippen LogP contribution in [0.1, 0.15) is 32.6 Å². The van der Waals surface area contributed by atoms with Gasteiger partial charge in [0.25, 0.3) is 0 Å². The van der Waals surface area contributed by atoms with E-state index in [1.165, 1.54) is 0 Å². The fourth-order valence-electron chi connectivity index (χ4n) is 3.49. The molecule has 2 atom stereocenters. The molecule has 0 aromatic rings. The summed E-state index contributed by atoms with van der Waals surface area (Å²) < 4.78 is 0. The Hall–Kier alpha value is -2.25. The van der Waals surface area contributed by atoms with Crippen LogP contribution < -0.4 is 5.73 Å². The second-order valence-electron chi connectivity index (χ2n) is 5.14. The van der Waals surface area contributed by atoms with Crippen molar-refractivity contribution in [2.75, 3.05) is 0 Å². The zero-order chi connectivity index (χ0) is 14.0. The van der Waals surface area contributed by atoms with E-state index in [0.717, 1.165) is 24.8 Å². The fraction of sp³-hybridized carbons (Fsp3) is 0.533. The zero-order valence-electron chi connectivity index (χ0n) is 11.0. The first-order valence-corrected chi connectivity index (χ1v) is 6.59. The summed E-state index contributed by atoms with van der Waals surface area (Å²) in [5, 5.41) is 28.3. The molecule has 96 valence electrons. The maximum atomic E-state index is 9.50. The average molecular weight is 252 g/mol. The molecule has 0 fully saturated rings. The Bertz CT molecular complexity index is 563. The summed E-state index contributed by atoms with van der Waals surface area (Å²) in [6, 6.07) is 6.29. The molecule has 0 aromatic carbocycles. The highest BCUT2D eigenvalue weighted by atomic mass is 14.7. The van der Waals surface area contributed by atoms with Crippen LogP contribution in [0.3, 0.4) is 0 Å². The monoisotopic (exact) mass is 252 g/mol. The lowest BCUT2D eigenvalue weighted by atomic mass is 9.58. The van der Waals surface area contributed by atoms with E-state index in [1.807, 2.05) is 6.92 Å². The van der Waals surface area contributed by atoms with Crippen LogP contribution in [0.5, 0.6) is 0 Å². The van der Waals surface area contributed by atoms with Crippen molar-refractivity contribution >= 4 is 0 Å². The van der Waals surface area contributed by atoms with Crippen LogP contribution in [-0.2, 0) is 0 Å². The van der Waals surface area contributed by atoms with E-state index >= 15 is 0 Å². The summed E-state index contributed by atoms with van der Waals surface area (Å²) in [6.45, 7) is 1.98. The van der Waals surface area contributed by atoms with E-state index in [-0.39, 0.29) is 17.5 Å². The average Bonchev–Trinajstić information content (AvgIpc) is 2.46. The first-order valence-electron chi connectivity index (χ1n) is 6.59. The molecule has 0 radical (unpaired) electrons. The van der Waals surface area contributed by atoms with Crippen LogP contribution >= 0.6 is 0 Å². The third-order valence-electron chi connectivity index (χ3n) is 4.41. The standard InChI is InChI=1S/C15H16N4/c1-2-13-11-6-4-3-5-10(11)12(7-16)14(19)15(13,8-17)9-18/h5,11,13H,2-4,6,19H2,1H3/t11-,13-/m0/s1. The molecule has 2 aliphatic rings. The summed E-state index contributed by atoms with van der Waals surface area (Å²) >= 11 is 0. The van der Waals surface area contributed by atoms with Crippen molar-refractivity contribution in [2.45, 2.75) is 32.6 Å². The van der Waals surface area contributed by atoms with Gasteiger partial charge in [-0.1, -0.05) is 13.0 Å². The molecule has 0 aromatic heterocycles. The number of rotatable bonds is 1. The predicted octanol–water partition coefficient (Wildman–Crippen LogP) is 2.52. The highest BCUT2D eigenvalue weighted by molar-refractivity contribution is 5.56. The molecule has 4 nitrogen and oxygen atoms in total. The summed E-state index contributed by atoms with van der Waals surface area (Å²) in [4.78, 5) is 0. The maximum Gasteiger partial charge on any atom is 0.187 e. The minimum absolute atomic E-state index is 0.111. The van der Waals surface area contributed by atoms with E-state index in [1.54, 1.807) is 0 Å². The Labute approximate surface area is 113 Å². The number of nitrogens with zero attached hydrogens (tertiary/aromatic N) is 3. The van der Waals surface area contributed by atoms with Gasteiger partial charge in [-0.3, -0.25) is 0 Å². The summed E-state index contributed by atoms with van der Waals surface area (Å²) in [5.74, 6) is -0.00819. The maximum absolute atomic E-state index is 9.50. The Morgan fingerprint density at radius 1 is 1.37 bits per heavy atom. The lowest BCUT2D eigenvalue weighted by Gasteiger charge is -2.42. The van der Waals surface area contributed by atoms with Crippen LogP contribution in [0.25, 0.3) is 0 Å².